The molecule has 5 heteroatoms. The van der Waals surface area contributed by atoms with Gasteiger partial charge in [0.05, 0.1) is 6.61 Å². The summed E-state index contributed by atoms with van der Waals surface area (Å²) >= 11 is 0. The Hall–Kier alpha value is -1.75. The number of nitrogens with one attached hydrogen (secondary N) is 1. The second kappa shape index (κ2) is 6.75. The van der Waals surface area contributed by atoms with Gasteiger partial charge in [0.1, 0.15) is 5.75 Å². The zero-order valence-electron chi connectivity index (χ0n) is 10.1. The van der Waals surface area contributed by atoms with Gasteiger partial charge in [-0.2, -0.15) is 0 Å². The number of hydrogen-bond donors (Lipinski definition) is 2. The number of anilines is 1. The molecule has 0 heterocycles. The molecule has 1 aromatic carbocycles. The molecular formula is C12H18N2O3. The first-order valence-electron chi connectivity index (χ1n) is 5.38. The average molecular weight is 238 g/mol. The number of carbonyl (C=O) groups excluding carboxylic acids is 1. The zero-order chi connectivity index (χ0) is 12.7. The number of amides is 1. The minimum absolute atomic E-state index is 0.0303. The quantitative estimate of drug-likeness (QED) is 0.719. The maximum absolute atomic E-state index is 11.5. The van der Waals surface area contributed by atoms with Gasteiger partial charge in [-0.3, -0.25) is 4.79 Å². The molecule has 1 unspecified atom stereocenters. The molecule has 0 bridgehead atoms. The molecule has 17 heavy (non-hydrogen) atoms. The summed E-state index contributed by atoms with van der Waals surface area (Å²) in [6, 6.07) is 6.93. The van der Waals surface area contributed by atoms with Crippen LogP contribution in [0.25, 0.3) is 0 Å². The van der Waals surface area contributed by atoms with E-state index in [-0.39, 0.29) is 18.6 Å². The number of hydrogen-bond acceptors (Lipinski definition) is 4. The molecule has 0 spiro atoms. The molecule has 5 nitrogen and oxygen atoms in total. The topological polar surface area (TPSA) is 73.6 Å². The van der Waals surface area contributed by atoms with Crippen molar-refractivity contribution in [3.8, 4) is 5.75 Å². The summed E-state index contributed by atoms with van der Waals surface area (Å²) in [6.07, 6.45) is 0. The Morgan fingerprint density at radius 3 is 2.94 bits per heavy atom. The molecular weight excluding hydrogens is 220 g/mol. The van der Waals surface area contributed by atoms with Crippen molar-refractivity contribution in [2.45, 2.75) is 13.0 Å². The van der Waals surface area contributed by atoms with Crippen molar-refractivity contribution in [1.29, 1.82) is 0 Å². The predicted octanol–water partition coefficient (Wildman–Crippen LogP) is 0.799. The van der Waals surface area contributed by atoms with Gasteiger partial charge in [0.25, 0.3) is 5.91 Å². The van der Waals surface area contributed by atoms with Crippen LogP contribution in [0.5, 0.6) is 5.75 Å². The van der Waals surface area contributed by atoms with Crippen LogP contribution in [-0.2, 0) is 9.53 Å². The second-order valence-electron chi connectivity index (χ2n) is 3.79. The summed E-state index contributed by atoms with van der Waals surface area (Å²) < 4.78 is 10.2. The van der Waals surface area contributed by atoms with Crippen LogP contribution in [0.3, 0.4) is 0 Å². The normalized spacial score (nSPS) is 11.9. The highest BCUT2D eigenvalue weighted by Gasteiger charge is 2.07. The van der Waals surface area contributed by atoms with Gasteiger partial charge in [-0.25, -0.2) is 0 Å². The number of rotatable bonds is 6. The van der Waals surface area contributed by atoms with E-state index in [1.165, 1.54) is 0 Å². The fourth-order valence-corrected chi connectivity index (χ4v) is 1.36. The van der Waals surface area contributed by atoms with Gasteiger partial charge in [0, 0.05) is 24.9 Å². The fraction of sp³-hybridized carbons (Fsp3) is 0.417. The molecule has 1 aromatic rings. The van der Waals surface area contributed by atoms with E-state index < -0.39 is 0 Å². The molecule has 0 aliphatic rings. The average Bonchev–Trinajstić information content (AvgIpc) is 2.27. The van der Waals surface area contributed by atoms with Crippen molar-refractivity contribution in [2.75, 3.05) is 26.1 Å². The molecule has 0 aliphatic carbocycles. The van der Waals surface area contributed by atoms with E-state index in [0.29, 0.717) is 18.0 Å². The largest absolute Gasteiger partial charge is 0.484 e. The third-order valence-electron chi connectivity index (χ3n) is 2.05. The van der Waals surface area contributed by atoms with Crippen LogP contribution in [0.15, 0.2) is 24.3 Å². The Labute approximate surface area is 101 Å². The smallest absolute Gasteiger partial charge is 0.258 e. The van der Waals surface area contributed by atoms with Gasteiger partial charge in [-0.1, -0.05) is 6.07 Å². The lowest BCUT2D eigenvalue weighted by atomic mass is 10.3. The lowest BCUT2D eigenvalue weighted by Crippen LogP contribution is -2.38. The van der Waals surface area contributed by atoms with Crippen molar-refractivity contribution in [3.63, 3.8) is 0 Å². The number of nitrogens with two attached hydrogens (primary N) is 1. The molecule has 1 amide bonds. The third-order valence-corrected chi connectivity index (χ3v) is 2.05. The highest BCUT2D eigenvalue weighted by molar-refractivity contribution is 5.77. The van der Waals surface area contributed by atoms with E-state index in [1.807, 2.05) is 6.92 Å². The predicted molar refractivity (Wildman–Crippen MR) is 65.8 cm³/mol. The minimum Gasteiger partial charge on any atom is -0.484 e. The number of nitrogen functional groups attached to an aromatic ring is 1. The SMILES string of the molecule is COCC(C)NC(=O)COc1cccc(N)c1. The number of methoxy groups -OCH3 is 1. The third kappa shape index (κ3) is 5.21. The van der Waals surface area contributed by atoms with Crippen LogP contribution in [-0.4, -0.2) is 32.3 Å². The number of ether oxygens (including phenoxy) is 2. The molecule has 0 saturated carbocycles. The summed E-state index contributed by atoms with van der Waals surface area (Å²) in [5, 5.41) is 2.75. The van der Waals surface area contributed by atoms with E-state index in [1.54, 1.807) is 31.4 Å². The second-order valence-corrected chi connectivity index (χ2v) is 3.79. The Morgan fingerprint density at radius 2 is 2.29 bits per heavy atom. The van der Waals surface area contributed by atoms with E-state index in [2.05, 4.69) is 5.32 Å². The van der Waals surface area contributed by atoms with Crippen LogP contribution < -0.4 is 15.8 Å². The summed E-state index contributed by atoms with van der Waals surface area (Å²) in [6.45, 7) is 2.31. The molecule has 3 N–H and O–H groups in total. The van der Waals surface area contributed by atoms with Crippen LogP contribution in [0, 0.1) is 0 Å². The monoisotopic (exact) mass is 238 g/mol. The summed E-state index contributed by atoms with van der Waals surface area (Å²) in [5.41, 5.74) is 6.20. The molecule has 0 fully saturated rings. The molecule has 0 radical (unpaired) electrons. The van der Waals surface area contributed by atoms with Crippen LogP contribution in [0.4, 0.5) is 5.69 Å². The highest BCUT2D eigenvalue weighted by atomic mass is 16.5. The summed E-state index contributed by atoms with van der Waals surface area (Å²) in [4.78, 5) is 11.5. The van der Waals surface area contributed by atoms with Crippen molar-refractivity contribution in [2.24, 2.45) is 0 Å². The van der Waals surface area contributed by atoms with Crippen molar-refractivity contribution in [1.82, 2.24) is 5.32 Å². The molecule has 0 aliphatic heterocycles. The highest BCUT2D eigenvalue weighted by Crippen LogP contribution is 2.13. The maximum atomic E-state index is 11.5. The number of benzene rings is 1. The molecule has 1 rings (SSSR count). The minimum atomic E-state index is -0.183. The van der Waals surface area contributed by atoms with Gasteiger partial charge in [0.2, 0.25) is 0 Å². The van der Waals surface area contributed by atoms with Crippen molar-refractivity contribution in [3.05, 3.63) is 24.3 Å². The Kier molecular flexibility index (Phi) is 5.29. The zero-order valence-corrected chi connectivity index (χ0v) is 10.1. The Morgan fingerprint density at radius 1 is 1.53 bits per heavy atom. The van der Waals surface area contributed by atoms with Crippen LogP contribution >= 0.6 is 0 Å². The van der Waals surface area contributed by atoms with E-state index >= 15 is 0 Å². The Bertz CT molecular complexity index is 369. The van der Waals surface area contributed by atoms with Crippen LogP contribution in [0.2, 0.25) is 0 Å². The maximum Gasteiger partial charge on any atom is 0.258 e. The first kappa shape index (κ1) is 13.3. The summed E-state index contributed by atoms with van der Waals surface area (Å²) in [7, 11) is 1.59. The van der Waals surface area contributed by atoms with Crippen LogP contribution in [0.1, 0.15) is 6.92 Å². The van der Waals surface area contributed by atoms with E-state index in [9.17, 15) is 4.79 Å². The van der Waals surface area contributed by atoms with Gasteiger partial charge in [-0.05, 0) is 19.1 Å². The van der Waals surface area contributed by atoms with Crippen molar-refractivity contribution >= 4 is 11.6 Å². The van der Waals surface area contributed by atoms with Gasteiger partial charge >= 0.3 is 0 Å². The van der Waals surface area contributed by atoms with Gasteiger partial charge < -0.3 is 20.5 Å². The van der Waals surface area contributed by atoms with Crippen molar-refractivity contribution < 1.29 is 14.3 Å². The Balaban J connectivity index is 2.33. The summed E-state index contributed by atoms with van der Waals surface area (Å²) in [5.74, 6) is 0.400. The van der Waals surface area contributed by atoms with Gasteiger partial charge in [-0.15, -0.1) is 0 Å². The lowest BCUT2D eigenvalue weighted by Gasteiger charge is -2.13. The van der Waals surface area contributed by atoms with E-state index in [4.69, 9.17) is 15.2 Å². The lowest BCUT2D eigenvalue weighted by molar-refractivity contribution is -0.124. The molecule has 0 aromatic heterocycles. The van der Waals surface area contributed by atoms with Gasteiger partial charge in [0.15, 0.2) is 6.61 Å². The molecule has 1 atom stereocenters. The molecule has 0 saturated heterocycles. The van der Waals surface area contributed by atoms with E-state index in [0.717, 1.165) is 0 Å². The fourth-order valence-electron chi connectivity index (χ4n) is 1.36. The first-order valence-corrected chi connectivity index (χ1v) is 5.38. The number of carbonyl (C=O) groups is 1. The molecule has 94 valence electrons. The standard InChI is InChI=1S/C12H18N2O3/c1-9(7-16-2)14-12(15)8-17-11-5-3-4-10(13)6-11/h3-6,9H,7-8,13H2,1-2H3,(H,14,15). The first-order chi connectivity index (χ1) is 8.11.